The second kappa shape index (κ2) is 8.91. The van der Waals surface area contributed by atoms with Gasteiger partial charge in [-0.15, -0.1) is 0 Å². The molecule has 0 saturated heterocycles. The van der Waals surface area contributed by atoms with Crippen LogP contribution in [0.25, 0.3) is 0 Å². The molecule has 1 saturated carbocycles. The number of methoxy groups -OCH3 is 2. The lowest BCUT2D eigenvalue weighted by Gasteiger charge is -2.23. The van der Waals surface area contributed by atoms with Crippen LogP contribution in [0.3, 0.4) is 0 Å². The van der Waals surface area contributed by atoms with Gasteiger partial charge in [0.2, 0.25) is 0 Å². The molecule has 0 atom stereocenters. The summed E-state index contributed by atoms with van der Waals surface area (Å²) < 4.78 is 16.1. The van der Waals surface area contributed by atoms with Gasteiger partial charge in [-0.05, 0) is 55.7 Å². The molecule has 2 aromatic carbocycles. The minimum absolute atomic E-state index is 0.0497. The van der Waals surface area contributed by atoms with Crippen molar-refractivity contribution in [2.24, 2.45) is 0 Å². The third-order valence-corrected chi connectivity index (χ3v) is 4.75. The van der Waals surface area contributed by atoms with Gasteiger partial charge in [0.15, 0.2) is 0 Å². The summed E-state index contributed by atoms with van der Waals surface area (Å²) in [5.41, 5.74) is 2.66. The molecule has 2 aromatic rings. The summed E-state index contributed by atoms with van der Waals surface area (Å²) >= 11 is 0. The zero-order valence-electron chi connectivity index (χ0n) is 16.2. The number of rotatable bonds is 9. The molecule has 0 radical (unpaired) electrons. The van der Waals surface area contributed by atoms with Gasteiger partial charge in [-0.3, -0.25) is 4.79 Å². The Morgan fingerprint density at radius 2 is 1.81 bits per heavy atom. The Hall–Kier alpha value is -2.53. The van der Waals surface area contributed by atoms with Gasteiger partial charge in [-0.1, -0.05) is 12.1 Å². The molecular weight excluding hydrogens is 342 g/mol. The third kappa shape index (κ3) is 4.80. The molecule has 0 heterocycles. The molecule has 27 heavy (non-hydrogen) atoms. The van der Waals surface area contributed by atoms with Crippen LogP contribution in [0.4, 0.5) is 0 Å². The van der Waals surface area contributed by atoms with Crippen LogP contribution < -0.4 is 9.47 Å². The number of nitrogens with zero attached hydrogens (tertiary/aromatic N) is 1. The molecule has 5 heteroatoms. The first-order valence-corrected chi connectivity index (χ1v) is 9.34. The normalized spacial score (nSPS) is 13.3. The number of benzene rings is 2. The Kier molecular flexibility index (Phi) is 6.35. The predicted octanol–water partition coefficient (Wildman–Crippen LogP) is 4.05. The number of amides is 1. The predicted molar refractivity (Wildman–Crippen MR) is 104 cm³/mol. The summed E-state index contributed by atoms with van der Waals surface area (Å²) in [4.78, 5) is 15.2. The molecule has 0 bridgehead atoms. The first-order chi connectivity index (χ1) is 13.2. The van der Waals surface area contributed by atoms with Crippen molar-refractivity contribution in [3.05, 3.63) is 59.2 Å². The maximum atomic E-state index is 13.2. The van der Waals surface area contributed by atoms with Gasteiger partial charge in [0.1, 0.15) is 11.5 Å². The van der Waals surface area contributed by atoms with Crippen molar-refractivity contribution < 1.29 is 19.0 Å². The lowest BCUT2D eigenvalue weighted by atomic mass is 10.1. The molecule has 1 aliphatic carbocycles. The van der Waals surface area contributed by atoms with E-state index in [1.807, 2.05) is 54.3 Å². The van der Waals surface area contributed by atoms with Crippen LogP contribution in [0.15, 0.2) is 42.5 Å². The molecule has 1 amide bonds. The minimum Gasteiger partial charge on any atom is -0.497 e. The lowest BCUT2D eigenvalue weighted by Crippen LogP contribution is -2.32. The topological polar surface area (TPSA) is 48.0 Å². The second-order valence-electron chi connectivity index (χ2n) is 6.68. The summed E-state index contributed by atoms with van der Waals surface area (Å²) in [7, 11) is 3.28. The van der Waals surface area contributed by atoms with Gasteiger partial charge < -0.3 is 19.1 Å². The van der Waals surface area contributed by atoms with E-state index in [1.54, 1.807) is 14.2 Å². The van der Waals surface area contributed by atoms with Crippen LogP contribution in [0.5, 0.6) is 11.5 Å². The average molecular weight is 369 g/mol. The monoisotopic (exact) mass is 369 g/mol. The van der Waals surface area contributed by atoms with Gasteiger partial charge in [0.25, 0.3) is 5.91 Å². The highest BCUT2D eigenvalue weighted by Gasteiger charge is 2.33. The smallest absolute Gasteiger partial charge is 0.254 e. The van der Waals surface area contributed by atoms with Crippen molar-refractivity contribution in [1.82, 2.24) is 4.90 Å². The van der Waals surface area contributed by atoms with Crippen LogP contribution in [0.1, 0.15) is 41.3 Å². The van der Waals surface area contributed by atoms with E-state index < -0.39 is 0 Å². The van der Waals surface area contributed by atoms with E-state index in [9.17, 15) is 4.79 Å². The largest absolute Gasteiger partial charge is 0.497 e. The molecule has 0 unspecified atom stereocenters. The van der Waals surface area contributed by atoms with E-state index in [4.69, 9.17) is 14.2 Å². The third-order valence-electron chi connectivity index (χ3n) is 4.75. The quantitative estimate of drug-likeness (QED) is 0.669. The van der Waals surface area contributed by atoms with Gasteiger partial charge in [-0.25, -0.2) is 0 Å². The van der Waals surface area contributed by atoms with Crippen molar-refractivity contribution >= 4 is 5.91 Å². The molecule has 1 fully saturated rings. The lowest BCUT2D eigenvalue weighted by molar-refractivity contribution is 0.0729. The average Bonchev–Trinajstić information content (AvgIpc) is 3.55. The van der Waals surface area contributed by atoms with Crippen LogP contribution in [-0.4, -0.2) is 37.7 Å². The van der Waals surface area contributed by atoms with Gasteiger partial charge in [0.05, 0.1) is 20.8 Å². The van der Waals surface area contributed by atoms with Crippen LogP contribution in [0, 0.1) is 0 Å². The molecule has 0 spiro atoms. The SMILES string of the molecule is CCOCc1cc(C(=O)N(Cc2ccc(OC)cc2)C2CC2)ccc1OC. The van der Waals surface area contributed by atoms with Crippen LogP contribution in [-0.2, 0) is 17.9 Å². The van der Waals surface area contributed by atoms with Crippen molar-refractivity contribution in [1.29, 1.82) is 0 Å². The Morgan fingerprint density at radius 1 is 1.07 bits per heavy atom. The van der Waals surface area contributed by atoms with E-state index in [0.29, 0.717) is 31.4 Å². The van der Waals surface area contributed by atoms with Gasteiger partial charge >= 0.3 is 0 Å². The minimum atomic E-state index is 0.0497. The first-order valence-electron chi connectivity index (χ1n) is 9.34. The highest BCUT2D eigenvalue weighted by atomic mass is 16.5. The van der Waals surface area contributed by atoms with Crippen molar-refractivity contribution in [2.45, 2.75) is 39.0 Å². The molecule has 0 aliphatic heterocycles. The highest BCUT2D eigenvalue weighted by Crippen LogP contribution is 2.31. The Bertz CT molecular complexity index is 768. The zero-order chi connectivity index (χ0) is 19.2. The maximum absolute atomic E-state index is 13.2. The van der Waals surface area contributed by atoms with Crippen molar-refractivity contribution in [3.63, 3.8) is 0 Å². The molecule has 1 aliphatic rings. The first kappa shape index (κ1) is 19.2. The Morgan fingerprint density at radius 3 is 2.41 bits per heavy atom. The number of hydrogen-bond acceptors (Lipinski definition) is 4. The molecule has 0 aromatic heterocycles. The summed E-state index contributed by atoms with van der Waals surface area (Å²) in [5.74, 6) is 1.61. The highest BCUT2D eigenvalue weighted by molar-refractivity contribution is 5.95. The summed E-state index contributed by atoms with van der Waals surface area (Å²) in [6, 6.07) is 13.8. The number of carbonyl (C=O) groups excluding carboxylic acids is 1. The summed E-state index contributed by atoms with van der Waals surface area (Å²) in [6.07, 6.45) is 2.12. The van der Waals surface area contributed by atoms with E-state index in [-0.39, 0.29) is 5.91 Å². The zero-order valence-corrected chi connectivity index (χ0v) is 16.2. The Balaban J connectivity index is 1.80. The fraction of sp³-hybridized carbons (Fsp3) is 0.409. The van der Waals surface area contributed by atoms with E-state index in [1.165, 1.54) is 0 Å². The second-order valence-corrected chi connectivity index (χ2v) is 6.68. The van der Waals surface area contributed by atoms with E-state index in [2.05, 4.69) is 0 Å². The number of carbonyl (C=O) groups is 1. The molecule has 5 nitrogen and oxygen atoms in total. The van der Waals surface area contributed by atoms with E-state index in [0.717, 1.165) is 35.5 Å². The number of hydrogen-bond donors (Lipinski definition) is 0. The van der Waals surface area contributed by atoms with Crippen LogP contribution >= 0.6 is 0 Å². The fourth-order valence-electron chi connectivity index (χ4n) is 3.08. The fourth-order valence-corrected chi connectivity index (χ4v) is 3.08. The summed E-state index contributed by atoms with van der Waals surface area (Å²) in [6.45, 7) is 3.60. The molecule has 144 valence electrons. The van der Waals surface area contributed by atoms with Crippen molar-refractivity contribution in [2.75, 3.05) is 20.8 Å². The standard InChI is InChI=1S/C22H27NO4/c1-4-27-15-18-13-17(7-12-21(18)26-3)22(24)23(19-8-9-19)14-16-5-10-20(25-2)11-6-16/h5-7,10-13,19H,4,8-9,14-15H2,1-3H3. The molecule has 3 rings (SSSR count). The summed E-state index contributed by atoms with van der Waals surface area (Å²) in [5, 5.41) is 0. The molecule has 0 N–H and O–H groups in total. The maximum Gasteiger partial charge on any atom is 0.254 e. The Labute approximate surface area is 160 Å². The number of ether oxygens (including phenoxy) is 3. The van der Waals surface area contributed by atoms with E-state index >= 15 is 0 Å². The van der Waals surface area contributed by atoms with Gasteiger partial charge in [-0.2, -0.15) is 0 Å². The van der Waals surface area contributed by atoms with Gasteiger partial charge in [0, 0.05) is 30.3 Å². The molecular formula is C22H27NO4. The van der Waals surface area contributed by atoms with Crippen LogP contribution in [0.2, 0.25) is 0 Å². The van der Waals surface area contributed by atoms with Crippen molar-refractivity contribution in [3.8, 4) is 11.5 Å².